The molecule has 0 amide bonds. The molecule has 2 N–H and O–H groups in total. The summed E-state index contributed by atoms with van der Waals surface area (Å²) in [6.07, 6.45) is 8.69. The second-order valence-corrected chi connectivity index (χ2v) is 9.71. The monoisotopic (exact) mass is 387 g/mol. The molecule has 5 heteroatoms. The van der Waals surface area contributed by atoms with Gasteiger partial charge >= 0.3 is 0 Å². The number of ketones is 2. The lowest BCUT2D eigenvalue weighted by Gasteiger charge is -2.57. The first kappa shape index (κ1) is 20.9. The molecule has 0 heterocycles. The number of hydrogen-bond donors (Lipinski definition) is 2. The number of rotatable bonds is 1. The number of allylic oxidation sites excluding steroid dienone is 1. The number of carbonyl (C=O) groups excluding carboxylic acids is 2. The number of hydrogen-bond acceptors (Lipinski definition) is 4. The zero-order valence-electron chi connectivity index (χ0n) is 17.5. The largest absolute Gasteiger partial charge is 0.481 e. The van der Waals surface area contributed by atoms with Gasteiger partial charge in [-0.2, -0.15) is 0 Å². The Labute approximate surface area is 167 Å². The number of carbonyl (C=O) groups is 3. The van der Waals surface area contributed by atoms with Crippen molar-refractivity contribution in [1.82, 2.24) is 0 Å². The van der Waals surface area contributed by atoms with Crippen LogP contribution in [0.2, 0.25) is 0 Å². The Balaban J connectivity index is 0.000000516. The van der Waals surface area contributed by atoms with Crippen molar-refractivity contribution in [3.05, 3.63) is 11.6 Å². The van der Waals surface area contributed by atoms with Gasteiger partial charge in [-0.1, -0.05) is 19.4 Å². The molecule has 6 atom stereocenters. The molecule has 0 aromatic rings. The van der Waals surface area contributed by atoms with Gasteiger partial charge in [-0.25, -0.2) is 0 Å². The van der Waals surface area contributed by atoms with Gasteiger partial charge in [0.15, 0.2) is 5.78 Å². The Morgan fingerprint density at radius 1 is 1.11 bits per heavy atom. The van der Waals surface area contributed by atoms with Gasteiger partial charge < -0.3 is 10.5 Å². The predicted octanol–water partition coefficient (Wildman–Crippen LogP) is 4.44. The molecule has 3 fully saturated rings. The third-order valence-corrected chi connectivity index (χ3v) is 8.40. The van der Waals surface area contributed by atoms with E-state index in [4.69, 9.17) is 15.3 Å². The summed E-state index contributed by atoms with van der Waals surface area (Å²) in [5.41, 5.74) is 1.82. The van der Waals surface area contributed by atoms with Crippen LogP contribution in [0.25, 0.3) is 0 Å². The number of Topliss-reactive ketones (excluding diaryl/α,β-unsaturated/α-hetero) is 1. The molecule has 0 aliphatic heterocycles. The molecule has 0 spiro atoms. The van der Waals surface area contributed by atoms with Crippen molar-refractivity contribution in [2.45, 2.75) is 72.6 Å². The first-order chi connectivity index (χ1) is 13.0. The Kier molecular flexibility index (Phi) is 5.41. The lowest BCUT2D eigenvalue weighted by molar-refractivity contribution is -0.134. The minimum atomic E-state index is -0.833. The molecule has 154 valence electrons. The first-order valence-electron chi connectivity index (χ1n) is 10.5. The molecule has 4 rings (SSSR count). The van der Waals surface area contributed by atoms with Gasteiger partial charge in [-0.15, -0.1) is 0 Å². The summed E-state index contributed by atoms with van der Waals surface area (Å²) < 4.78 is 0. The van der Waals surface area contributed by atoms with E-state index in [2.05, 4.69) is 13.8 Å². The topological polar surface area (TPSA) is 95.3 Å². The highest BCUT2D eigenvalue weighted by molar-refractivity contribution is 6.12. The molecule has 0 bridgehead atoms. The lowest BCUT2D eigenvalue weighted by atomic mass is 9.46. The van der Waals surface area contributed by atoms with Crippen LogP contribution in [0.1, 0.15) is 72.6 Å². The van der Waals surface area contributed by atoms with Crippen LogP contribution in [0, 0.1) is 39.9 Å². The second-order valence-electron chi connectivity index (χ2n) is 9.71. The van der Waals surface area contributed by atoms with Gasteiger partial charge in [-0.3, -0.25) is 14.4 Å². The van der Waals surface area contributed by atoms with E-state index in [1.807, 2.05) is 6.08 Å². The summed E-state index contributed by atoms with van der Waals surface area (Å²) in [4.78, 5) is 33.1. The summed E-state index contributed by atoms with van der Waals surface area (Å²) >= 11 is 0. The zero-order valence-corrected chi connectivity index (χ0v) is 17.5. The molecule has 0 aromatic heterocycles. The SMILES string of the molecule is CC(=O)O.CC(=O)[C@H]1CC[C@H]2[C@@H]3CCC4=CC(=O)CC(=N)[C@]4(C)[C@H]3CC[C@]12C. The van der Waals surface area contributed by atoms with Crippen molar-refractivity contribution in [2.75, 3.05) is 0 Å². The molecule has 0 unspecified atom stereocenters. The van der Waals surface area contributed by atoms with Crippen molar-refractivity contribution in [2.24, 2.45) is 34.5 Å². The van der Waals surface area contributed by atoms with E-state index in [0.29, 0.717) is 35.7 Å². The Bertz CT molecular complexity index is 750. The molecule has 5 nitrogen and oxygen atoms in total. The zero-order chi connectivity index (χ0) is 20.9. The summed E-state index contributed by atoms with van der Waals surface area (Å²) in [6, 6.07) is 0. The van der Waals surface area contributed by atoms with Crippen LogP contribution in [-0.4, -0.2) is 28.4 Å². The number of carboxylic acid groups (broad SMARTS) is 1. The van der Waals surface area contributed by atoms with Crippen LogP contribution in [0.15, 0.2) is 11.6 Å². The van der Waals surface area contributed by atoms with Crippen molar-refractivity contribution in [3.63, 3.8) is 0 Å². The van der Waals surface area contributed by atoms with Crippen LogP contribution in [-0.2, 0) is 14.4 Å². The predicted molar refractivity (Wildman–Crippen MR) is 107 cm³/mol. The Morgan fingerprint density at radius 3 is 2.36 bits per heavy atom. The maximum Gasteiger partial charge on any atom is 0.300 e. The van der Waals surface area contributed by atoms with Gasteiger partial charge in [0.25, 0.3) is 5.97 Å². The van der Waals surface area contributed by atoms with Gasteiger partial charge in [0.2, 0.25) is 0 Å². The van der Waals surface area contributed by atoms with Gasteiger partial charge in [-0.05, 0) is 74.7 Å². The molecular weight excluding hydrogens is 354 g/mol. The molecule has 0 saturated heterocycles. The normalized spacial score (nSPS) is 41.6. The fourth-order valence-corrected chi connectivity index (χ4v) is 7.14. The highest BCUT2D eigenvalue weighted by Gasteiger charge is 2.60. The van der Waals surface area contributed by atoms with E-state index in [-0.39, 0.29) is 22.5 Å². The van der Waals surface area contributed by atoms with E-state index in [1.54, 1.807) is 6.92 Å². The number of carboxylic acids is 1. The number of nitrogens with one attached hydrogen (secondary N) is 1. The first-order valence-corrected chi connectivity index (χ1v) is 10.5. The standard InChI is InChI=1S/C21H29NO2.C2H4O2/c1-12(23)16-6-7-17-15-5-4-13-10-14(24)11-19(22)21(13,3)18(15)8-9-20(16,17)2;1-2(3)4/h10,15-18,22H,4-9,11H2,1-3H3;1H3,(H,3,4)/t15-,16+,17-,18-,20+,21-;/m0./s1. The summed E-state index contributed by atoms with van der Waals surface area (Å²) in [6.45, 7) is 7.44. The summed E-state index contributed by atoms with van der Waals surface area (Å²) in [7, 11) is 0. The summed E-state index contributed by atoms with van der Waals surface area (Å²) in [5.74, 6) is 1.61. The highest BCUT2D eigenvalue weighted by atomic mass is 16.4. The highest BCUT2D eigenvalue weighted by Crippen LogP contribution is 2.66. The molecule has 3 saturated carbocycles. The van der Waals surface area contributed by atoms with E-state index in [0.717, 1.165) is 39.0 Å². The third-order valence-electron chi connectivity index (χ3n) is 8.40. The fraction of sp³-hybridized carbons (Fsp3) is 0.739. The lowest BCUT2D eigenvalue weighted by Crippen LogP contribution is -2.53. The molecule has 0 radical (unpaired) electrons. The second kappa shape index (κ2) is 7.23. The molecule has 4 aliphatic carbocycles. The van der Waals surface area contributed by atoms with Crippen molar-refractivity contribution < 1.29 is 19.5 Å². The third kappa shape index (κ3) is 3.17. The molecule has 0 aromatic carbocycles. The van der Waals surface area contributed by atoms with Gasteiger partial charge in [0, 0.05) is 30.4 Å². The molecular formula is C23H33NO4. The van der Waals surface area contributed by atoms with Gasteiger partial charge in [0.1, 0.15) is 5.78 Å². The number of fused-ring (bicyclic) bond motifs is 5. The van der Waals surface area contributed by atoms with Crippen LogP contribution in [0.4, 0.5) is 0 Å². The van der Waals surface area contributed by atoms with Crippen LogP contribution >= 0.6 is 0 Å². The molecule has 28 heavy (non-hydrogen) atoms. The average molecular weight is 388 g/mol. The van der Waals surface area contributed by atoms with Crippen LogP contribution in [0.3, 0.4) is 0 Å². The number of aliphatic carboxylic acids is 1. The maximum atomic E-state index is 12.2. The van der Waals surface area contributed by atoms with Crippen molar-refractivity contribution in [3.8, 4) is 0 Å². The van der Waals surface area contributed by atoms with Crippen LogP contribution in [0.5, 0.6) is 0 Å². The minimum absolute atomic E-state index is 0.115. The smallest absolute Gasteiger partial charge is 0.300 e. The van der Waals surface area contributed by atoms with Crippen molar-refractivity contribution >= 4 is 23.2 Å². The van der Waals surface area contributed by atoms with E-state index in [9.17, 15) is 9.59 Å². The van der Waals surface area contributed by atoms with Crippen LogP contribution < -0.4 is 0 Å². The minimum Gasteiger partial charge on any atom is -0.481 e. The Morgan fingerprint density at radius 2 is 1.75 bits per heavy atom. The quantitative estimate of drug-likeness (QED) is 0.695. The molecule has 4 aliphatic rings. The fourth-order valence-electron chi connectivity index (χ4n) is 7.14. The average Bonchev–Trinajstić information content (AvgIpc) is 2.93. The van der Waals surface area contributed by atoms with E-state index in [1.165, 1.54) is 12.0 Å². The maximum absolute atomic E-state index is 12.2. The van der Waals surface area contributed by atoms with E-state index >= 15 is 0 Å². The van der Waals surface area contributed by atoms with Gasteiger partial charge in [0.05, 0.1) is 0 Å². The van der Waals surface area contributed by atoms with Crippen molar-refractivity contribution in [1.29, 1.82) is 5.41 Å². The summed E-state index contributed by atoms with van der Waals surface area (Å²) in [5, 5.41) is 16.0. The Hall–Kier alpha value is -1.78. The van der Waals surface area contributed by atoms with E-state index < -0.39 is 5.97 Å².